The van der Waals surface area contributed by atoms with Crippen LogP contribution >= 0.6 is 0 Å². The zero-order chi connectivity index (χ0) is 11.2. The van der Waals surface area contributed by atoms with Crippen LogP contribution in [0.2, 0.25) is 0 Å². The number of amides is 1. The van der Waals surface area contributed by atoms with Gasteiger partial charge in [0.25, 0.3) is 0 Å². The van der Waals surface area contributed by atoms with Crippen molar-refractivity contribution >= 4 is 11.6 Å². The highest BCUT2D eigenvalue weighted by atomic mass is 16.2. The number of anilines is 1. The molecule has 2 rings (SSSR count). The van der Waals surface area contributed by atoms with Crippen molar-refractivity contribution in [2.45, 2.75) is 40.2 Å². The Labute approximate surface area is 90.9 Å². The molecule has 0 spiro atoms. The highest BCUT2D eigenvalue weighted by molar-refractivity contribution is 6.02. The molecule has 1 heterocycles. The van der Waals surface area contributed by atoms with Crippen molar-refractivity contribution in [1.29, 1.82) is 0 Å². The Morgan fingerprint density at radius 2 is 1.93 bits per heavy atom. The maximum atomic E-state index is 11.9. The fourth-order valence-corrected chi connectivity index (χ4v) is 2.25. The van der Waals surface area contributed by atoms with E-state index < -0.39 is 0 Å². The molecular formula is C13H17NO. The average molecular weight is 203 g/mol. The molecule has 1 amide bonds. The van der Waals surface area contributed by atoms with Crippen LogP contribution in [0.1, 0.15) is 30.5 Å². The predicted octanol–water partition coefficient (Wildman–Crippen LogP) is 2.60. The molecule has 15 heavy (non-hydrogen) atoms. The summed E-state index contributed by atoms with van der Waals surface area (Å²) >= 11 is 0. The number of hydrogen-bond acceptors (Lipinski definition) is 1. The second-order valence-corrected chi connectivity index (χ2v) is 4.55. The molecule has 0 saturated heterocycles. The van der Waals surface area contributed by atoms with E-state index in [2.05, 4.69) is 39.8 Å². The minimum Gasteiger partial charge on any atom is -0.309 e. The molecule has 0 unspecified atom stereocenters. The molecule has 80 valence electrons. The summed E-state index contributed by atoms with van der Waals surface area (Å²) in [7, 11) is 0. The second kappa shape index (κ2) is 3.37. The van der Waals surface area contributed by atoms with Crippen molar-refractivity contribution in [3.8, 4) is 0 Å². The van der Waals surface area contributed by atoms with Gasteiger partial charge in [0.2, 0.25) is 5.91 Å². The fraction of sp³-hybridized carbons (Fsp3) is 0.462. The first-order valence-electron chi connectivity index (χ1n) is 5.43. The van der Waals surface area contributed by atoms with Crippen molar-refractivity contribution in [3.63, 3.8) is 0 Å². The summed E-state index contributed by atoms with van der Waals surface area (Å²) in [5.74, 6) is 0.230. The molecule has 0 saturated carbocycles. The van der Waals surface area contributed by atoms with Crippen molar-refractivity contribution in [1.82, 2.24) is 0 Å². The highest BCUT2D eigenvalue weighted by Crippen LogP contribution is 2.35. The van der Waals surface area contributed by atoms with Crippen LogP contribution in [0.5, 0.6) is 0 Å². The van der Waals surface area contributed by atoms with Crippen molar-refractivity contribution in [3.05, 3.63) is 28.8 Å². The molecule has 1 aromatic carbocycles. The number of rotatable bonds is 1. The van der Waals surface area contributed by atoms with Gasteiger partial charge >= 0.3 is 0 Å². The molecule has 2 heteroatoms. The number of carbonyl (C=O) groups excluding carboxylic acids is 1. The van der Waals surface area contributed by atoms with E-state index in [0.29, 0.717) is 6.42 Å². The van der Waals surface area contributed by atoms with Gasteiger partial charge in [-0.3, -0.25) is 4.79 Å². The summed E-state index contributed by atoms with van der Waals surface area (Å²) in [6, 6.07) is 4.43. The average Bonchev–Trinajstić information content (AvgIpc) is 2.49. The van der Waals surface area contributed by atoms with Gasteiger partial charge in [0, 0.05) is 6.04 Å². The lowest BCUT2D eigenvalue weighted by Gasteiger charge is -2.24. The maximum Gasteiger partial charge on any atom is 0.231 e. The van der Waals surface area contributed by atoms with Crippen LogP contribution in [0.3, 0.4) is 0 Å². The Morgan fingerprint density at radius 1 is 1.27 bits per heavy atom. The first-order chi connectivity index (χ1) is 7.02. The summed E-state index contributed by atoms with van der Waals surface area (Å²) < 4.78 is 0. The van der Waals surface area contributed by atoms with E-state index in [9.17, 15) is 4.79 Å². The molecule has 0 N–H and O–H groups in total. The topological polar surface area (TPSA) is 20.3 Å². The number of aryl methyl sites for hydroxylation is 1. The molecule has 0 bridgehead atoms. The van der Waals surface area contributed by atoms with Crippen LogP contribution < -0.4 is 4.90 Å². The predicted molar refractivity (Wildman–Crippen MR) is 62.2 cm³/mol. The number of nitrogens with zero attached hydrogens (tertiary/aromatic N) is 1. The Morgan fingerprint density at radius 3 is 2.53 bits per heavy atom. The van der Waals surface area contributed by atoms with E-state index in [4.69, 9.17) is 0 Å². The smallest absolute Gasteiger partial charge is 0.231 e. The lowest BCUT2D eigenvalue weighted by molar-refractivity contribution is -0.117. The molecule has 2 nitrogen and oxygen atoms in total. The summed E-state index contributed by atoms with van der Waals surface area (Å²) in [6.07, 6.45) is 0.564. The minimum atomic E-state index is 0.230. The molecule has 1 aliphatic rings. The van der Waals surface area contributed by atoms with Crippen LogP contribution in [0.15, 0.2) is 12.1 Å². The summed E-state index contributed by atoms with van der Waals surface area (Å²) in [6.45, 7) is 8.32. The van der Waals surface area contributed by atoms with Crippen LogP contribution in [0.4, 0.5) is 5.69 Å². The third-order valence-electron chi connectivity index (χ3n) is 3.15. The molecule has 0 aromatic heterocycles. The Bertz CT molecular complexity index is 421. The standard InChI is InChI=1S/C13H17NO/c1-8(2)14-12(15)7-11-6-5-9(3)10(4)13(11)14/h5-6,8H,7H2,1-4H3. The van der Waals surface area contributed by atoms with Gasteiger partial charge in [0.15, 0.2) is 0 Å². The van der Waals surface area contributed by atoms with Gasteiger partial charge < -0.3 is 4.90 Å². The molecule has 0 atom stereocenters. The van der Waals surface area contributed by atoms with Crippen LogP contribution in [0, 0.1) is 13.8 Å². The van der Waals surface area contributed by atoms with Crippen LogP contribution in [-0.2, 0) is 11.2 Å². The monoisotopic (exact) mass is 203 g/mol. The third-order valence-corrected chi connectivity index (χ3v) is 3.15. The molecule has 0 fully saturated rings. The Kier molecular flexibility index (Phi) is 2.29. The van der Waals surface area contributed by atoms with E-state index in [1.807, 2.05) is 4.90 Å². The van der Waals surface area contributed by atoms with E-state index >= 15 is 0 Å². The summed E-state index contributed by atoms with van der Waals surface area (Å²) in [5, 5.41) is 0. The van der Waals surface area contributed by atoms with E-state index in [1.165, 1.54) is 16.7 Å². The van der Waals surface area contributed by atoms with Crippen molar-refractivity contribution in [2.24, 2.45) is 0 Å². The first kappa shape index (κ1) is 10.2. The van der Waals surface area contributed by atoms with Gasteiger partial charge in [-0.2, -0.15) is 0 Å². The maximum absolute atomic E-state index is 11.9. The first-order valence-corrected chi connectivity index (χ1v) is 5.43. The lowest BCUT2D eigenvalue weighted by atomic mass is 10.0. The fourth-order valence-electron chi connectivity index (χ4n) is 2.25. The molecule has 1 aliphatic heterocycles. The second-order valence-electron chi connectivity index (χ2n) is 4.55. The zero-order valence-corrected chi connectivity index (χ0v) is 9.79. The van der Waals surface area contributed by atoms with Gasteiger partial charge in [-0.25, -0.2) is 0 Å². The van der Waals surface area contributed by atoms with E-state index in [-0.39, 0.29) is 11.9 Å². The number of carbonyl (C=O) groups is 1. The Balaban J connectivity index is 2.60. The van der Waals surface area contributed by atoms with Gasteiger partial charge in [-0.1, -0.05) is 12.1 Å². The largest absolute Gasteiger partial charge is 0.309 e. The summed E-state index contributed by atoms with van der Waals surface area (Å²) in [4.78, 5) is 13.8. The van der Waals surface area contributed by atoms with E-state index in [0.717, 1.165) is 5.69 Å². The quantitative estimate of drug-likeness (QED) is 0.687. The Hall–Kier alpha value is -1.31. The van der Waals surface area contributed by atoms with Crippen LogP contribution in [0.25, 0.3) is 0 Å². The van der Waals surface area contributed by atoms with Gasteiger partial charge in [-0.15, -0.1) is 0 Å². The van der Waals surface area contributed by atoms with Gasteiger partial charge in [-0.05, 0) is 44.4 Å². The zero-order valence-electron chi connectivity index (χ0n) is 9.79. The van der Waals surface area contributed by atoms with Crippen LogP contribution in [-0.4, -0.2) is 11.9 Å². The summed E-state index contributed by atoms with van der Waals surface area (Å²) in [5.41, 5.74) is 4.83. The molecule has 1 aromatic rings. The van der Waals surface area contributed by atoms with Gasteiger partial charge in [0.05, 0.1) is 12.1 Å². The number of benzene rings is 1. The molecule has 0 aliphatic carbocycles. The lowest BCUT2D eigenvalue weighted by Crippen LogP contribution is -2.34. The minimum absolute atomic E-state index is 0.230. The highest BCUT2D eigenvalue weighted by Gasteiger charge is 2.30. The molecular weight excluding hydrogens is 186 g/mol. The molecule has 0 radical (unpaired) electrons. The third kappa shape index (κ3) is 1.44. The SMILES string of the molecule is Cc1ccc2c(c1C)N(C(C)C)C(=O)C2. The van der Waals surface area contributed by atoms with Crippen molar-refractivity contribution in [2.75, 3.05) is 4.90 Å². The van der Waals surface area contributed by atoms with Crippen molar-refractivity contribution < 1.29 is 4.79 Å². The normalized spacial score (nSPS) is 15.0. The number of hydrogen-bond donors (Lipinski definition) is 0. The number of fused-ring (bicyclic) bond motifs is 1. The van der Waals surface area contributed by atoms with E-state index in [1.54, 1.807) is 0 Å². The van der Waals surface area contributed by atoms with Gasteiger partial charge in [0.1, 0.15) is 0 Å².